The zero-order valence-electron chi connectivity index (χ0n) is 9.61. The molecule has 1 saturated heterocycles. The molecule has 16 heavy (non-hydrogen) atoms. The van der Waals surface area contributed by atoms with Crippen LogP contribution in [0.25, 0.3) is 0 Å². The van der Waals surface area contributed by atoms with Gasteiger partial charge in [-0.15, -0.1) is 0 Å². The first kappa shape index (κ1) is 11.6. The van der Waals surface area contributed by atoms with Crippen LogP contribution in [0.2, 0.25) is 0 Å². The number of nitrogens with two attached hydrogens (primary N) is 1. The Morgan fingerprint density at radius 3 is 2.50 bits per heavy atom. The van der Waals surface area contributed by atoms with Crippen LogP contribution < -0.4 is 11.1 Å². The second kappa shape index (κ2) is 5.43. The maximum absolute atomic E-state index is 5.88. The molecule has 1 aliphatic heterocycles. The fourth-order valence-electron chi connectivity index (χ4n) is 2.10. The lowest BCUT2D eigenvalue weighted by molar-refractivity contribution is 0.0407. The smallest absolute Gasteiger partial charge is 0.0484 e. The van der Waals surface area contributed by atoms with Gasteiger partial charge in [-0.2, -0.15) is 0 Å². The molecular formula is C13H20N2O. The highest BCUT2D eigenvalue weighted by molar-refractivity contribution is 5.14. The summed E-state index contributed by atoms with van der Waals surface area (Å²) in [6.07, 6.45) is 2.02. The first-order chi connectivity index (χ1) is 7.85. The van der Waals surface area contributed by atoms with Crippen LogP contribution in [0.15, 0.2) is 30.3 Å². The van der Waals surface area contributed by atoms with Crippen molar-refractivity contribution in [3.8, 4) is 0 Å². The van der Waals surface area contributed by atoms with E-state index in [4.69, 9.17) is 10.5 Å². The van der Waals surface area contributed by atoms with Gasteiger partial charge in [0.1, 0.15) is 0 Å². The van der Waals surface area contributed by atoms with E-state index in [-0.39, 0.29) is 5.54 Å². The average Bonchev–Trinajstić information content (AvgIpc) is 2.39. The standard InChI is InChI=1S/C13H20N2O/c14-11-13(6-8-16-9-7-13)15-10-12-4-2-1-3-5-12/h1-5,15H,6-11,14H2. The van der Waals surface area contributed by atoms with Crippen LogP contribution in [0.3, 0.4) is 0 Å². The molecule has 0 bridgehead atoms. The van der Waals surface area contributed by atoms with Crippen LogP contribution >= 0.6 is 0 Å². The van der Waals surface area contributed by atoms with Crippen LogP contribution in [0.4, 0.5) is 0 Å². The predicted molar refractivity (Wildman–Crippen MR) is 65.1 cm³/mol. The van der Waals surface area contributed by atoms with Crippen LogP contribution in [0.1, 0.15) is 18.4 Å². The van der Waals surface area contributed by atoms with Crippen molar-refractivity contribution in [2.24, 2.45) is 5.73 Å². The lowest BCUT2D eigenvalue weighted by Crippen LogP contribution is -2.54. The molecule has 0 spiro atoms. The zero-order chi connectivity index (χ0) is 11.3. The van der Waals surface area contributed by atoms with Crippen LogP contribution in [-0.4, -0.2) is 25.3 Å². The van der Waals surface area contributed by atoms with Gasteiger partial charge >= 0.3 is 0 Å². The molecule has 1 fully saturated rings. The Bertz CT molecular complexity index is 307. The van der Waals surface area contributed by atoms with Gasteiger partial charge < -0.3 is 15.8 Å². The molecule has 1 heterocycles. The van der Waals surface area contributed by atoms with E-state index in [1.807, 2.05) is 6.07 Å². The van der Waals surface area contributed by atoms with Crippen LogP contribution in [-0.2, 0) is 11.3 Å². The predicted octanol–water partition coefficient (Wildman–Crippen LogP) is 1.28. The Morgan fingerprint density at radius 1 is 1.19 bits per heavy atom. The molecule has 0 aromatic heterocycles. The Balaban J connectivity index is 1.92. The summed E-state index contributed by atoms with van der Waals surface area (Å²) in [6, 6.07) is 10.4. The molecule has 0 atom stereocenters. The summed E-state index contributed by atoms with van der Waals surface area (Å²) in [6.45, 7) is 3.21. The summed E-state index contributed by atoms with van der Waals surface area (Å²) in [5.74, 6) is 0. The highest BCUT2D eigenvalue weighted by Gasteiger charge is 2.30. The van der Waals surface area contributed by atoms with Gasteiger partial charge in [-0.25, -0.2) is 0 Å². The first-order valence-corrected chi connectivity index (χ1v) is 5.91. The van der Waals surface area contributed by atoms with Crippen molar-refractivity contribution in [2.75, 3.05) is 19.8 Å². The Labute approximate surface area is 97.0 Å². The summed E-state index contributed by atoms with van der Waals surface area (Å²) in [7, 11) is 0. The van der Waals surface area contributed by atoms with Gasteiger partial charge in [0.05, 0.1) is 0 Å². The number of ether oxygens (including phenoxy) is 1. The second-order valence-corrected chi connectivity index (χ2v) is 4.44. The van der Waals surface area contributed by atoms with Crippen molar-refractivity contribution in [1.82, 2.24) is 5.32 Å². The molecule has 0 unspecified atom stereocenters. The summed E-state index contributed by atoms with van der Waals surface area (Å²) >= 11 is 0. The third-order valence-corrected chi connectivity index (χ3v) is 3.35. The summed E-state index contributed by atoms with van der Waals surface area (Å²) in [5.41, 5.74) is 7.27. The Morgan fingerprint density at radius 2 is 1.88 bits per heavy atom. The van der Waals surface area contributed by atoms with Crippen molar-refractivity contribution < 1.29 is 4.74 Å². The number of rotatable bonds is 4. The van der Waals surface area contributed by atoms with Crippen molar-refractivity contribution in [1.29, 1.82) is 0 Å². The quantitative estimate of drug-likeness (QED) is 0.803. The monoisotopic (exact) mass is 220 g/mol. The highest BCUT2D eigenvalue weighted by atomic mass is 16.5. The molecule has 3 nitrogen and oxygen atoms in total. The SMILES string of the molecule is NCC1(NCc2ccccc2)CCOCC1. The number of hydrogen-bond donors (Lipinski definition) is 2. The molecule has 0 aliphatic carbocycles. The minimum absolute atomic E-state index is 0.0775. The lowest BCUT2D eigenvalue weighted by atomic mass is 9.90. The van der Waals surface area contributed by atoms with Gasteiger partial charge in [-0.05, 0) is 18.4 Å². The summed E-state index contributed by atoms with van der Waals surface area (Å²) < 4.78 is 5.38. The largest absolute Gasteiger partial charge is 0.381 e. The van der Waals surface area contributed by atoms with Gasteiger partial charge in [0.2, 0.25) is 0 Å². The maximum atomic E-state index is 5.88. The Kier molecular flexibility index (Phi) is 3.93. The molecule has 0 radical (unpaired) electrons. The third-order valence-electron chi connectivity index (χ3n) is 3.35. The summed E-state index contributed by atoms with van der Waals surface area (Å²) in [5, 5.41) is 3.60. The third kappa shape index (κ3) is 2.82. The molecular weight excluding hydrogens is 200 g/mol. The van der Waals surface area contributed by atoms with Crippen LogP contribution in [0.5, 0.6) is 0 Å². The van der Waals surface area contributed by atoms with Gasteiger partial charge in [-0.3, -0.25) is 0 Å². The normalized spacial score (nSPS) is 19.6. The Hall–Kier alpha value is -0.900. The van der Waals surface area contributed by atoms with Gasteiger partial charge in [0.25, 0.3) is 0 Å². The molecule has 0 saturated carbocycles. The van der Waals surface area contributed by atoms with E-state index in [0.717, 1.165) is 32.6 Å². The van der Waals surface area contributed by atoms with Gasteiger partial charge in [-0.1, -0.05) is 30.3 Å². The summed E-state index contributed by atoms with van der Waals surface area (Å²) in [4.78, 5) is 0. The molecule has 1 aromatic carbocycles. The molecule has 88 valence electrons. The maximum Gasteiger partial charge on any atom is 0.0484 e. The van der Waals surface area contributed by atoms with Crippen molar-refractivity contribution in [3.63, 3.8) is 0 Å². The molecule has 0 amide bonds. The van der Waals surface area contributed by atoms with E-state index in [0.29, 0.717) is 6.54 Å². The minimum Gasteiger partial charge on any atom is -0.381 e. The highest BCUT2D eigenvalue weighted by Crippen LogP contribution is 2.19. The first-order valence-electron chi connectivity index (χ1n) is 5.91. The molecule has 2 rings (SSSR count). The minimum atomic E-state index is 0.0775. The van der Waals surface area contributed by atoms with Crippen molar-refractivity contribution >= 4 is 0 Å². The topological polar surface area (TPSA) is 47.3 Å². The number of benzene rings is 1. The van der Waals surface area contributed by atoms with E-state index >= 15 is 0 Å². The van der Waals surface area contributed by atoms with E-state index in [9.17, 15) is 0 Å². The van der Waals surface area contributed by atoms with Crippen LogP contribution in [0, 0.1) is 0 Å². The zero-order valence-corrected chi connectivity index (χ0v) is 9.61. The van der Waals surface area contributed by atoms with E-state index in [1.165, 1.54) is 5.56 Å². The van der Waals surface area contributed by atoms with E-state index in [1.54, 1.807) is 0 Å². The van der Waals surface area contributed by atoms with E-state index in [2.05, 4.69) is 29.6 Å². The average molecular weight is 220 g/mol. The van der Waals surface area contributed by atoms with Gasteiger partial charge in [0, 0.05) is 31.8 Å². The molecule has 3 N–H and O–H groups in total. The second-order valence-electron chi connectivity index (χ2n) is 4.44. The molecule has 3 heteroatoms. The van der Waals surface area contributed by atoms with Crippen molar-refractivity contribution in [3.05, 3.63) is 35.9 Å². The number of hydrogen-bond acceptors (Lipinski definition) is 3. The van der Waals surface area contributed by atoms with Crippen molar-refractivity contribution in [2.45, 2.75) is 24.9 Å². The fourth-order valence-corrected chi connectivity index (χ4v) is 2.10. The van der Waals surface area contributed by atoms with E-state index < -0.39 is 0 Å². The van der Waals surface area contributed by atoms with Gasteiger partial charge in [0.15, 0.2) is 0 Å². The fraction of sp³-hybridized carbons (Fsp3) is 0.538. The number of nitrogens with one attached hydrogen (secondary N) is 1. The molecule has 1 aliphatic rings. The lowest BCUT2D eigenvalue weighted by Gasteiger charge is -2.37. The molecule has 1 aromatic rings.